The van der Waals surface area contributed by atoms with E-state index in [4.69, 9.17) is 5.11 Å². The molecule has 4 rings (SSSR count). The van der Waals surface area contributed by atoms with Gasteiger partial charge in [0.15, 0.2) is 5.78 Å². The third kappa shape index (κ3) is 4.30. The van der Waals surface area contributed by atoms with E-state index in [1.807, 2.05) is 24.3 Å². The summed E-state index contributed by atoms with van der Waals surface area (Å²) >= 11 is 0. The second-order valence-electron chi connectivity index (χ2n) is 8.07. The summed E-state index contributed by atoms with van der Waals surface area (Å²) in [5.41, 5.74) is 3.72. The fraction of sp³-hybridized carbons (Fsp3) is 0.192. The monoisotopic (exact) mass is 431 g/mol. The van der Waals surface area contributed by atoms with Crippen molar-refractivity contribution in [1.82, 2.24) is 0 Å². The first-order chi connectivity index (χ1) is 15.3. The first-order valence-corrected chi connectivity index (χ1v) is 10.4. The van der Waals surface area contributed by atoms with Crippen LogP contribution in [0.1, 0.15) is 39.1 Å². The topological polar surface area (TPSA) is 83.5 Å². The molecule has 0 aromatic heterocycles. The van der Waals surface area contributed by atoms with Crippen molar-refractivity contribution in [2.45, 2.75) is 19.8 Å². The molecule has 0 bridgehead atoms. The molecule has 162 valence electrons. The number of halogens is 1. The Hall–Kier alpha value is -3.80. The van der Waals surface area contributed by atoms with E-state index in [0.717, 1.165) is 11.1 Å². The van der Waals surface area contributed by atoms with Crippen molar-refractivity contribution in [3.63, 3.8) is 0 Å². The number of amides is 1. The van der Waals surface area contributed by atoms with Gasteiger partial charge in [-0.05, 0) is 66.8 Å². The van der Waals surface area contributed by atoms with Gasteiger partial charge in [-0.25, -0.2) is 4.39 Å². The third-order valence-corrected chi connectivity index (χ3v) is 5.99. The second-order valence-corrected chi connectivity index (χ2v) is 8.07. The third-order valence-electron chi connectivity index (χ3n) is 5.99. The van der Waals surface area contributed by atoms with Gasteiger partial charge < -0.3 is 10.4 Å². The van der Waals surface area contributed by atoms with Crippen molar-refractivity contribution < 1.29 is 23.9 Å². The molecule has 1 saturated carbocycles. The molecule has 1 aliphatic rings. The first-order valence-electron chi connectivity index (χ1n) is 10.4. The van der Waals surface area contributed by atoms with Crippen LogP contribution in [0.4, 0.5) is 10.1 Å². The van der Waals surface area contributed by atoms with Gasteiger partial charge in [0, 0.05) is 22.7 Å². The number of anilines is 1. The zero-order valence-corrected chi connectivity index (χ0v) is 17.5. The van der Waals surface area contributed by atoms with Crippen molar-refractivity contribution >= 4 is 23.3 Å². The Kier molecular flexibility index (Phi) is 5.86. The summed E-state index contributed by atoms with van der Waals surface area (Å²) in [6.45, 7) is 1.61. The van der Waals surface area contributed by atoms with E-state index in [0.29, 0.717) is 35.2 Å². The zero-order valence-electron chi connectivity index (χ0n) is 17.5. The smallest absolute Gasteiger partial charge is 0.307 e. The molecular weight excluding hydrogens is 409 g/mol. The van der Waals surface area contributed by atoms with Crippen molar-refractivity contribution in [1.29, 1.82) is 0 Å². The highest BCUT2D eigenvalue weighted by Gasteiger charge is 2.41. The molecule has 0 unspecified atom stereocenters. The molecule has 0 saturated heterocycles. The molecule has 32 heavy (non-hydrogen) atoms. The number of benzene rings is 3. The van der Waals surface area contributed by atoms with Gasteiger partial charge in [-0.2, -0.15) is 0 Å². The van der Waals surface area contributed by atoms with Crippen molar-refractivity contribution in [2.75, 3.05) is 5.32 Å². The maximum Gasteiger partial charge on any atom is 0.307 e. The Labute approximate surface area is 184 Å². The Morgan fingerprint density at radius 3 is 1.94 bits per heavy atom. The lowest BCUT2D eigenvalue weighted by atomic mass is 9.70. The number of aliphatic carboxylic acids is 1. The molecule has 1 amide bonds. The maximum absolute atomic E-state index is 13.4. The number of hydrogen-bond donors (Lipinski definition) is 2. The van der Waals surface area contributed by atoms with Crippen LogP contribution in [0.25, 0.3) is 11.1 Å². The molecular formula is C26H22FNO4. The number of ketones is 1. The van der Waals surface area contributed by atoms with Gasteiger partial charge in [-0.3, -0.25) is 14.4 Å². The number of rotatable bonds is 6. The lowest BCUT2D eigenvalue weighted by Gasteiger charge is -2.31. The quantitative estimate of drug-likeness (QED) is 0.516. The number of aryl methyl sites for hydroxylation is 1. The van der Waals surface area contributed by atoms with Gasteiger partial charge in [0.25, 0.3) is 5.91 Å². The van der Waals surface area contributed by atoms with Crippen LogP contribution in [-0.2, 0) is 4.79 Å². The fourth-order valence-corrected chi connectivity index (χ4v) is 3.89. The average Bonchev–Trinajstić information content (AvgIpc) is 2.75. The standard InChI is InChI=1S/C26H22FNO4/c1-15-14-19(8-13-23(15)27)25(30)28-20-9-6-17(7-10-20)16-2-4-18(5-3-16)24(29)21-11-12-22(21)26(31)32/h2-10,13-14,21-22H,11-12H2,1H3,(H,28,30)(H,31,32)/t21-,22-/m1/s1. The van der Waals surface area contributed by atoms with Crippen LogP contribution in [0.5, 0.6) is 0 Å². The minimum atomic E-state index is -0.909. The lowest BCUT2D eigenvalue weighted by Crippen LogP contribution is -2.38. The number of carboxylic acid groups (broad SMARTS) is 1. The van der Waals surface area contributed by atoms with Gasteiger partial charge >= 0.3 is 5.97 Å². The van der Waals surface area contributed by atoms with E-state index in [1.54, 1.807) is 31.2 Å². The number of carbonyl (C=O) groups is 3. The first kappa shape index (κ1) is 21.4. The molecule has 3 aromatic rings. The van der Waals surface area contributed by atoms with Crippen LogP contribution in [0.15, 0.2) is 66.7 Å². The van der Waals surface area contributed by atoms with E-state index >= 15 is 0 Å². The highest BCUT2D eigenvalue weighted by atomic mass is 19.1. The Balaban J connectivity index is 1.42. The molecule has 1 fully saturated rings. The summed E-state index contributed by atoms with van der Waals surface area (Å²) < 4.78 is 13.4. The van der Waals surface area contributed by atoms with Crippen LogP contribution >= 0.6 is 0 Å². The average molecular weight is 431 g/mol. The molecule has 0 heterocycles. The number of nitrogens with one attached hydrogen (secondary N) is 1. The van der Waals surface area contributed by atoms with Gasteiger partial charge in [0.1, 0.15) is 5.82 Å². The Morgan fingerprint density at radius 2 is 1.41 bits per heavy atom. The zero-order chi connectivity index (χ0) is 22.8. The minimum Gasteiger partial charge on any atom is -0.481 e. The summed E-state index contributed by atoms with van der Waals surface area (Å²) in [6.07, 6.45) is 1.16. The van der Waals surface area contributed by atoms with E-state index in [9.17, 15) is 18.8 Å². The van der Waals surface area contributed by atoms with E-state index in [-0.39, 0.29) is 17.5 Å². The summed E-state index contributed by atoms with van der Waals surface area (Å²) in [6, 6.07) is 18.6. The maximum atomic E-state index is 13.4. The van der Waals surface area contributed by atoms with E-state index < -0.39 is 17.8 Å². The molecule has 0 radical (unpaired) electrons. The SMILES string of the molecule is Cc1cc(C(=O)Nc2ccc(-c3ccc(C(=O)[C@@H]4CC[C@H]4C(=O)O)cc3)cc2)ccc1F. The number of hydrogen-bond acceptors (Lipinski definition) is 3. The van der Waals surface area contributed by atoms with Gasteiger partial charge in [-0.15, -0.1) is 0 Å². The van der Waals surface area contributed by atoms with Crippen LogP contribution in [0.2, 0.25) is 0 Å². The van der Waals surface area contributed by atoms with Crippen molar-refractivity contribution in [2.24, 2.45) is 11.8 Å². The fourth-order valence-electron chi connectivity index (χ4n) is 3.89. The molecule has 5 nitrogen and oxygen atoms in total. The van der Waals surface area contributed by atoms with Gasteiger partial charge in [0.05, 0.1) is 5.92 Å². The summed E-state index contributed by atoms with van der Waals surface area (Å²) in [4.78, 5) is 36.1. The molecule has 0 aliphatic heterocycles. The molecule has 0 spiro atoms. The number of carboxylic acids is 1. The normalized spacial score (nSPS) is 17.3. The predicted molar refractivity (Wildman–Crippen MR) is 119 cm³/mol. The lowest BCUT2D eigenvalue weighted by molar-refractivity contribution is -0.146. The van der Waals surface area contributed by atoms with Crippen molar-refractivity contribution in [3.05, 3.63) is 89.2 Å². The highest BCUT2D eigenvalue weighted by Crippen LogP contribution is 2.37. The highest BCUT2D eigenvalue weighted by molar-refractivity contribution is 6.04. The summed E-state index contributed by atoms with van der Waals surface area (Å²) in [5.74, 6) is -2.72. The number of Topliss-reactive ketones (excluding diaryl/α,β-unsaturated/α-hetero) is 1. The molecule has 2 atom stereocenters. The number of carbonyl (C=O) groups excluding carboxylic acids is 2. The van der Waals surface area contributed by atoms with E-state index in [2.05, 4.69) is 5.32 Å². The molecule has 3 aromatic carbocycles. The Bertz CT molecular complexity index is 1190. The van der Waals surface area contributed by atoms with Crippen LogP contribution in [-0.4, -0.2) is 22.8 Å². The summed E-state index contributed by atoms with van der Waals surface area (Å²) in [7, 11) is 0. The molecule has 6 heteroatoms. The van der Waals surface area contributed by atoms with Gasteiger partial charge in [0.2, 0.25) is 0 Å². The molecule has 2 N–H and O–H groups in total. The second kappa shape index (κ2) is 8.75. The Morgan fingerprint density at radius 1 is 0.844 bits per heavy atom. The van der Waals surface area contributed by atoms with E-state index in [1.165, 1.54) is 18.2 Å². The largest absolute Gasteiger partial charge is 0.481 e. The van der Waals surface area contributed by atoms with Gasteiger partial charge in [-0.1, -0.05) is 36.4 Å². The summed E-state index contributed by atoms with van der Waals surface area (Å²) in [5, 5.41) is 12.0. The predicted octanol–water partition coefficient (Wildman–Crippen LogP) is 5.35. The van der Waals surface area contributed by atoms with Crippen molar-refractivity contribution in [3.8, 4) is 11.1 Å². The minimum absolute atomic E-state index is 0.121. The van der Waals surface area contributed by atoms with Crippen LogP contribution < -0.4 is 5.32 Å². The van der Waals surface area contributed by atoms with Crippen LogP contribution in [0.3, 0.4) is 0 Å². The molecule has 1 aliphatic carbocycles. The van der Waals surface area contributed by atoms with Crippen LogP contribution in [0, 0.1) is 24.6 Å².